The summed E-state index contributed by atoms with van der Waals surface area (Å²) >= 11 is 0. The summed E-state index contributed by atoms with van der Waals surface area (Å²) in [6.07, 6.45) is 3.77. The Bertz CT molecular complexity index is 724. The first kappa shape index (κ1) is 19.7. The fourth-order valence-electron chi connectivity index (χ4n) is 2.89. The van der Waals surface area contributed by atoms with E-state index < -0.39 is 0 Å². The van der Waals surface area contributed by atoms with Crippen molar-refractivity contribution in [3.8, 4) is 0 Å². The van der Waals surface area contributed by atoms with Gasteiger partial charge in [0.2, 0.25) is 0 Å². The number of guanidine groups is 1. The van der Waals surface area contributed by atoms with Crippen molar-refractivity contribution < 1.29 is 4.39 Å². The first-order chi connectivity index (χ1) is 11.6. The van der Waals surface area contributed by atoms with Crippen LogP contribution in [0.25, 0.3) is 0 Å². The van der Waals surface area contributed by atoms with Gasteiger partial charge in [0.1, 0.15) is 5.82 Å². The van der Waals surface area contributed by atoms with Gasteiger partial charge in [0, 0.05) is 31.7 Å². The van der Waals surface area contributed by atoms with Crippen LogP contribution in [0.1, 0.15) is 31.0 Å². The van der Waals surface area contributed by atoms with E-state index in [9.17, 15) is 4.39 Å². The topological polar surface area (TPSA) is 54.2 Å². The third-order valence-corrected chi connectivity index (χ3v) is 4.56. The molecule has 0 radical (unpaired) electrons. The number of hydrogen-bond donors (Lipinski definition) is 2. The molecule has 0 unspecified atom stereocenters. The standard InChI is InChI=1S/C18H24FN5.HI/c1-3-20-17(21-12-14-8-11-23-24(14)2)22-13-18(9-10-18)15-6-4-5-7-16(15)19;/h4-8,11H,3,9-10,12-13H2,1-2H3,(H2,20,21,22);1H. The molecule has 3 rings (SSSR count). The van der Waals surface area contributed by atoms with Crippen molar-refractivity contribution in [1.82, 2.24) is 20.4 Å². The van der Waals surface area contributed by atoms with E-state index in [0.29, 0.717) is 13.1 Å². The van der Waals surface area contributed by atoms with Gasteiger partial charge < -0.3 is 10.6 Å². The number of aromatic nitrogens is 2. The van der Waals surface area contributed by atoms with Crippen LogP contribution in [0.2, 0.25) is 0 Å². The van der Waals surface area contributed by atoms with E-state index >= 15 is 0 Å². The molecule has 1 aliphatic rings. The number of nitrogens with one attached hydrogen (secondary N) is 2. The molecule has 2 N–H and O–H groups in total. The van der Waals surface area contributed by atoms with Crippen molar-refractivity contribution in [2.24, 2.45) is 12.0 Å². The fraction of sp³-hybridized carbons (Fsp3) is 0.444. The second kappa shape index (κ2) is 8.64. The third-order valence-electron chi connectivity index (χ3n) is 4.56. The zero-order chi connectivity index (χ0) is 17.0. The van der Waals surface area contributed by atoms with Gasteiger partial charge in [0.05, 0.1) is 12.2 Å². The van der Waals surface area contributed by atoms with Crippen molar-refractivity contribution in [3.05, 3.63) is 53.6 Å². The molecular weight excluding hydrogens is 432 g/mol. The number of aliphatic imine (C=N–C) groups is 1. The Morgan fingerprint density at radius 1 is 1.28 bits per heavy atom. The summed E-state index contributed by atoms with van der Waals surface area (Å²) in [4.78, 5) is 4.60. The largest absolute Gasteiger partial charge is 0.357 e. The first-order valence-corrected chi connectivity index (χ1v) is 8.39. The zero-order valence-electron chi connectivity index (χ0n) is 14.6. The van der Waals surface area contributed by atoms with E-state index in [1.807, 2.05) is 36.9 Å². The maximum Gasteiger partial charge on any atom is 0.191 e. The molecule has 5 nitrogen and oxygen atoms in total. The number of rotatable bonds is 6. The summed E-state index contributed by atoms with van der Waals surface area (Å²) in [5.74, 6) is 0.634. The average molecular weight is 457 g/mol. The number of benzene rings is 1. The molecule has 136 valence electrons. The maximum atomic E-state index is 14.1. The first-order valence-electron chi connectivity index (χ1n) is 8.39. The molecule has 1 aromatic carbocycles. The average Bonchev–Trinajstić information content (AvgIpc) is 3.26. The van der Waals surface area contributed by atoms with Gasteiger partial charge in [-0.3, -0.25) is 4.68 Å². The predicted molar refractivity (Wildman–Crippen MR) is 109 cm³/mol. The van der Waals surface area contributed by atoms with Crippen LogP contribution in [0.3, 0.4) is 0 Å². The van der Waals surface area contributed by atoms with Gasteiger partial charge >= 0.3 is 0 Å². The van der Waals surface area contributed by atoms with Gasteiger partial charge in [-0.05, 0) is 37.5 Å². The number of hydrogen-bond acceptors (Lipinski definition) is 2. The SMILES string of the molecule is CCNC(=NCc1ccnn1C)NCC1(c2ccccc2F)CC1.I. The molecule has 0 bridgehead atoms. The van der Waals surface area contributed by atoms with E-state index in [1.54, 1.807) is 12.3 Å². The highest BCUT2D eigenvalue weighted by molar-refractivity contribution is 14.0. The lowest BCUT2D eigenvalue weighted by Crippen LogP contribution is -2.41. The molecule has 1 heterocycles. The molecular formula is C18H25FIN5. The van der Waals surface area contributed by atoms with E-state index in [0.717, 1.165) is 36.6 Å². The number of aryl methyl sites for hydroxylation is 1. The molecule has 7 heteroatoms. The highest BCUT2D eigenvalue weighted by Gasteiger charge is 2.45. The van der Waals surface area contributed by atoms with Crippen LogP contribution >= 0.6 is 24.0 Å². The number of nitrogens with zero attached hydrogens (tertiary/aromatic N) is 3. The minimum atomic E-state index is -0.117. The lowest BCUT2D eigenvalue weighted by atomic mass is 9.95. The molecule has 0 spiro atoms. The Morgan fingerprint density at radius 2 is 2.04 bits per heavy atom. The molecule has 1 aromatic heterocycles. The summed E-state index contributed by atoms with van der Waals surface area (Å²) < 4.78 is 15.9. The third kappa shape index (κ3) is 4.71. The van der Waals surface area contributed by atoms with Crippen LogP contribution in [0, 0.1) is 5.82 Å². The van der Waals surface area contributed by atoms with Crippen LogP contribution in [0.15, 0.2) is 41.5 Å². The Balaban J connectivity index is 0.00000225. The summed E-state index contributed by atoms with van der Waals surface area (Å²) in [6, 6.07) is 9.03. The van der Waals surface area contributed by atoms with Crippen molar-refractivity contribution in [3.63, 3.8) is 0 Å². The second-order valence-electron chi connectivity index (χ2n) is 6.26. The molecule has 25 heavy (non-hydrogen) atoms. The predicted octanol–water partition coefficient (Wildman–Crippen LogP) is 2.96. The Kier molecular flexibility index (Phi) is 6.80. The normalized spacial score (nSPS) is 15.4. The highest BCUT2D eigenvalue weighted by atomic mass is 127. The van der Waals surface area contributed by atoms with E-state index in [4.69, 9.17) is 0 Å². The molecule has 2 aromatic rings. The van der Waals surface area contributed by atoms with Crippen LogP contribution in [-0.2, 0) is 19.0 Å². The second-order valence-corrected chi connectivity index (χ2v) is 6.26. The van der Waals surface area contributed by atoms with Crippen LogP contribution in [-0.4, -0.2) is 28.8 Å². The summed E-state index contributed by atoms with van der Waals surface area (Å²) in [7, 11) is 1.91. The molecule has 0 amide bonds. The minimum Gasteiger partial charge on any atom is -0.357 e. The zero-order valence-corrected chi connectivity index (χ0v) is 17.0. The molecule has 0 aliphatic heterocycles. The molecule has 0 saturated heterocycles. The summed E-state index contributed by atoms with van der Waals surface area (Å²) in [6.45, 7) is 4.05. The van der Waals surface area contributed by atoms with Gasteiger partial charge in [-0.25, -0.2) is 9.38 Å². The minimum absolute atomic E-state index is 0. The van der Waals surface area contributed by atoms with Gasteiger partial charge in [0.25, 0.3) is 0 Å². The maximum absolute atomic E-state index is 14.1. The van der Waals surface area contributed by atoms with Crippen LogP contribution < -0.4 is 10.6 Å². The molecule has 1 aliphatic carbocycles. The van der Waals surface area contributed by atoms with E-state index in [2.05, 4.69) is 20.7 Å². The van der Waals surface area contributed by atoms with Gasteiger partial charge in [0.15, 0.2) is 5.96 Å². The van der Waals surface area contributed by atoms with Crippen LogP contribution in [0.5, 0.6) is 0 Å². The molecule has 1 fully saturated rings. The monoisotopic (exact) mass is 457 g/mol. The quantitative estimate of drug-likeness (QED) is 0.399. The Morgan fingerprint density at radius 3 is 2.64 bits per heavy atom. The van der Waals surface area contributed by atoms with Crippen molar-refractivity contribution in [1.29, 1.82) is 0 Å². The smallest absolute Gasteiger partial charge is 0.191 e. The van der Waals surface area contributed by atoms with Crippen molar-refractivity contribution in [2.75, 3.05) is 13.1 Å². The fourth-order valence-corrected chi connectivity index (χ4v) is 2.89. The Labute approximate surface area is 165 Å². The highest BCUT2D eigenvalue weighted by Crippen LogP contribution is 2.48. The van der Waals surface area contributed by atoms with Crippen molar-refractivity contribution >= 4 is 29.9 Å². The van der Waals surface area contributed by atoms with Crippen molar-refractivity contribution in [2.45, 2.75) is 31.7 Å². The summed E-state index contributed by atoms with van der Waals surface area (Å²) in [5, 5.41) is 10.8. The van der Waals surface area contributed by atoms with Gasteiger partial charge in [-0.2, -0.15) is 5.10 Å². The van der Waals surface area contributed by atoms with Crippen LogP contribution in [0.4, 0.5) is 4.39 Å². The lowest BCUT2D eigenvalue weighted by molar-refractivity contribution is 0.559. The molecule has 0 atom stereocenters. The summed E-state index contributed by atoms with van der Waals surface area (Å²) in [5.41, 5.74) is 1.75. The Hall–Kier alpha value is -1.64. The van der Waals surface area contributed by atoms with E-state index in [-0.39, 0.29) is 35.2 Å². The number of halogens is 2. The molecule has 1 saturated carbocycles. The van der Waals surface area contributed by atoms with Gasteiger partial charge in [-0.1, -0.05) is 18.2 Å². The van der Waals surface area contributed by atoms with E-state index in [1.165, 1.54) is 6.07 Å². The van der Waals surface area contributed by atoms with Gasteiger partial charge in [-0.15, -0.1) is 24.0 Å². The lowest BCUT2D eigenvalue weighted by Gasteiger charge is -2.19.